The maximum Gasteiger partial charge on any atom is 0.278 e. The number of hydrogen-bond acceptors (Lipinski definition) is 4. The monoisotopic (exact) mass is 253 g/mol. The summed E-state index contributed by atoms with van der Waals surface area (Å²) < 4.78 is 4.95. The zero-order valence-electron chi connectivity index (χ0n) is 10.8. The molecule has 5 nitrogen and oxygen atoms in total. The molecule has 1 aromatic rings. The van der Waals surface area contributed by atoms with Crippen molar-refractivity contribution in [2.45, 2.75) is 38.7 Å². The highest BCUT2D eigenvalue weighted by atomic mass is 16.6. The summed E-state index contributed by atoms with van der Waals surface area (Å²) >= 11 is 0. The van der Waals surface area contributed by atoms with E-state index in [-0.39, 0.29) is 5.69 Å². The lowest BCUT2D eigenvalue weighted by Gasteiger charge is -2.11. The van der Waals surface area contributed by atoms with Crippen LogP contribution in [0.2, 0.25) is 0 Å². The van der Waals surface area contributed by atoms with E-state index in [2.05, 4.69) is 6.92 Å². The molecule has 1 atom stereocenters. The van der Waals surface area contributed by atoms with Crippen molar-refractivity contribution in [2.75, 3.05) is 7.11 Å². The molecule has 0 saturated heterocycles. The van der Waals surface area contributed by atoms with Crippen LogP contribution in [0.4, 0.5) is 5.69 Å². The van der Waals surface area contributed by atoms with Crippen molar-refractivity contribution in [3.8, 4) is 5.75 Å². The van der Waals surface area contributed by atoms with Gasteiger partial charge in [-0.2, -0.15) is 0 Å². The number of nitro benzene ring substituents is 1. The van der Waals surface area contributed by atoms with Crippen molar-refractivity contribution in [1.82, 2.24) is 0 Å². The SMILES string of the molecule is CCCCCC(O)c1ccc(OC)cc1[N+](=O)[O-]. The van der Waals surface area contributed by atoms with Crippen molar-refractivity contribution in [2.24, 2.45) is 0 Å². The molecule has 1 unspecified atom stereocenters. The van der Waals surface area contributed by atoms with Crippen LogP contribution in [0.25, 0.3) is 0 Å². The van der Waals surface area contributed by atoms with Crippen LogP contribution in [0, 0.1) is 10.1 Å². The highest BCUT2D eigenvalue weighted by Crippen LogP contribution is 2.31. The molecule has 0 saturated carbocycles. The first-order valence-corrected chi connectivity index (χ1v) is 6.10. The number of rotatable bonds is 7. The molecular formula is C13H19NO4. The average Bonchev–Trinajstić information content (AvgIpc) is 2.38. The van der Waals surface area contributed by atoms with Gasteiger partial charge in [0.1, 0.15) is 5.75 Å². The van der Waals surface area contributed by atoms with E-state index in [1.54, 1.807) is 12.1 Å². The second-order valence-electron chi connectivity index (χ2n) is 4.19. The molecule has 1 aromatic carbocycles. The van der Waals surface area contributed by atoms with Crippen molar-refractivity contribution in [3.05, 3.63) is 33.9 Å². The van der Waals surface area contributed by atoms with Gasteiger partial charge in [-0.1, -0.05) is 26.2 Å². The summed E-state index contributed by atoms with van der Waals surface area (Å²) in [4.78, 5) is 10.5. The van der Waals surface area contributed by atoms with E-state index in [9.17, 15) is 15.2 Å². The Labute approximate surface area is 107 Å². The zero-order valence-corrected chi connectivity index (χ0v) is 10.8. The number of aliphatic hydroxyl groups excluding tert-OH is 1. The number of methoxy groups -OCH3 is 1. The second kappa shape index (κ2) is 6.96. The molecule has 0 radical (unpaired) electrons. The van der Waals surface area contributed by atoms with Crippen molar-refractivity contribution < 1.29 is 14.8 Å². The highest BCUT2D eigenvalue weighted by Gasteiger charge is 2.20. The molecule has 1 N–H and O–H groups in total. The minimum Gasteiger partial charge on any atom is -0.497 e. The lowest BCUT2D eigenvalue weighted by atomic mass is 10.0. The van der Waals surface area contributed by atoms with Crippen LogP contribution >= 0.6 is 0 Å². The van der Waals surface area contributed by atoms with Gasteiger partial charge in [0.2, 0.25) is 0 Å². The van der Waals surface area contributed by atoms with Gasteiger partial charge in [-0.3, -0.25) is 10.1 Å². The van der Waals surface area contributed by atoms with Crippen molar-refractivity contribution >= 4 is 5.69 Å². The van der Waals surface area contributed by atoms with Gasteiger partial charge in [0.25, 0.3) is 5.69 Å². The van der Waals surface area contributed by atoms with E-state index >= 15 is 0 Å². The van der Waals surface area contributed by atoms with Crippen LogP contribution in [0.5, 0.6) is 5.75 Å². The fraction of sp³-hybridized carbons (Fsp3) is 0.538. The van der Waals surface area contributed by atoms with E-state index in [1.165, 1.54) is 13.2 Å². The van der Waals surface area contributed by atoms with Crippen LogP contribution in [-0.4, -0.2) is 17.1 Å². The number of unbranched alkanes of at least 4 members (excludes halogenated alkanes) is 2. The van der Waals surface area contributed by atoms with Gasteiger partial charge >= 0.3 is 0 Å². The Morgan fingerprint density at radius 2 is 2.17 bits per heavy atom. The lowest BCUT2D eigenvalue weighted by molar-refractivity contribution is -0.386. The second-order valence-corrected chi connectivity index (χ2v) is 4.19. The van der Waals surface area contributed by atoms with Crippen LogP contribution in [-0.2, 0) is 0 Å². The topological polar surface area (TPSA) is 72.6 Å². The van der Waals surface area contributed by atoms with Crippen molar-refractivity contribution in [1.29, 1.82) is 0 Å². The Kier molecular flexibility index (Phi) is 5.58. The summed E-state index contributed by atoms with van der Waals surface area (Å²) in [6, 6.07) is 4.54. The zero-order chi connectivity index (χ0) is 13.5. The molecule has 0 amide bonds. The maximum absolute atomic E-state index is 11.0. The van der Waals surface area contributed by atoms with E-state index in [4.69, 9.17) is 4.74 Å². The highest BCUT2D eigenvalue weighted by molar-refractivity contribution is 5.47. The van der Waals surface area contributed by atoms with E-state index in [1.807, 2.05) is 0 Å². The van der Waals surface area contributed by atoms with Gasteiger partial charge < -0.3 is 9.84 Å². The number of nitro groups is 1. The standard InChI is InChI=1S/C13H19NO4/c1-3-4-5-6-13(15)11-8-7-10(18-2)9-12(11)14(16)17/h7-9,13,15H,3-6H2,1-2H3. The molecule has 100 valence electrons. The third-order valence-electron chi connectivity index (χ3n) is 2.87. The predicted molar refractivity (Wildman–Crippen MR) is 68.8 cm³/mol. The first-order chi connectivity index (χ1) is 8.60. The smallest absolute Gasteiger partial charge is 0.278 e. The summed E-state index contributed by atoms with van der Waals surface area (Å²) in [6.45, 7) is 2.07. The number of ether oxygens (including phenoxy) is 1. The Morgan fingerprint density at radius 3 is 2.72 bits per heavy atom. The van der Waals surface area contributed by atoms with Gasteiger partial charge in [0.05, 0.1) is 29.8 Å². The quantitative estimate of drug-likeness (QED) is 0.460. The van der Waals surface area contributed by atoms with Gasteiger partial charge in [0.15, 0.2) is 0 Å². The number of hydrogen-bond donors (Lipinski definition) is 1. The molecule has 0 aliphatic carbocycles. The largest absolute Gasteiger partial charge is 0.497 e. The minimum atomic E-state index is -0.789. The third kappa shape index (κ3) is 3.70. The molecule has 1 rings (SSSR count). The predicted octanol–water partition coefficient (Wildman–Crippen LogP) is 3.22. The van der Waals surface area contributed by atoms with Crippen LogP contribution < -0.4 is 4.74 Å². The Hall–Kier alpha value is -1.62. The van der Waals surface area contributed by atoms with Gasteiger partial charge in [0, 0.05) is 0 Å². The van der Waals surface area contributed by atoms with Crippen LogP contribution in [0.3, 0.4) is 0 Å². The Balaban J connectivity index is 2.89. The van der Waals surface area contributed by atoms with E-state index in [0.29, 0.717) is 17.7 Å². The molecule has 0 aliphatic heterocycles. The summed E-state index contributed by atoms with van der Waals surface area (Å²) in [5, 5.41) is 21.0. The van der Waals surface area contributed by atoms with Crippen LogP contribution in [0.15, 0.2) is 18.2 Å². The molecule has 0 bridgehead atoms. The first-order valence-electron chi connectivity index (χ1n) is 6.10. The molecule has 0 heterocycles. The molecule has 18 heavy (non-hydrogen) atoms. The van der Waals surface area contributed by atoms with Gasteiger partial charge in [-0.05, 0) is 18.6 Å². The normalized spacial score (nSPS) is 12.2. The lowest BCUT2D eigenvalue weighted by Crippen LogP contribution is -2.03. The number of benzene rings is 1. The fourth-order valence-electron chi connectivity index (χ4n) is 1.83. The molecular weight excluding hydrogens is 234 g/mol. The Morgan fingerprint density at radius 1 is 1.44 bits per heavy atom. The fourth-order valence-corrected chi connectivity index (χ4v) is 1.83. The molecule has 0 aromatic heterocycles. The van der Waals surface area contributed by atoms with Gasteiger partial charge in [-0.25, -0.2) is 0 Å². The minimum absolute atomic E-state index is 0.0849. The molecule has 5 heteroatoms. The maximum atomic E-state index is 11.0. The molecule has 0 aliphatic rings. The van der Waals surface area contributed by atoms with E-state index < -0.39 is 11.0 Å². The number of aliphatic hydroxyl groups is 1. The summed E-state index contributed by atoms with van der Waals surface area (Å²) in [5.41, 5.74) is 0.273. The van der Waals surface area contributed by atoms with Crippen LogP contribution in [0.1, 0.15) is 44.3 Å². The summed E-state index contributed by atoms with van der Waals surface area (Å²) in [5.74, 6) is 0.422. The average molecular weight is 253 g/mol. The molecule has 0 fully saturated rings. The molecule has 0 spiro atoms. The van der Waals surface area contributed by atoms with E-state index in [0.717, 1.165) is 19.3 Å². The van der Waals surface area contributed by atoms with Crippen molar-refractivity contribution in [3.63, 3.8) is 0 Å². The third-order valence-corrected chi connectivity index (χ3v) is 2.87. The summed E-state index contributed by atoms with van der Waals surface area (Å²) in [6.07, 6.45) is 2.68. The summed E-state index contributed by atoms with van der Waals surface area (Å²) in [7, 11) is 1.45. The first kappa shape index (κ1) is 14.4. The van der Waals surface area contributed by atoms with Gasteiger partial charge in [-0.15, -0.1) is 0 Å². The Bertz CT molecular complexity index is 406. The number of nitrogens with zero attached hydrogens (tertiary/aromatic N) is 1.